The molecule has 0 aromatic heterocycles. The molecule has 3 rings (SSSR count). The second-order valence-corrected chi connectivity index (χ2v) is 12.2. The van der Waals surface area contributed by atoms with E-state index in [1.54, 1.807) is 45.0 Å². The maximum atomic E-state index is 12.8. The number of amides is 1. The van der Waals surface area contributed by atoms with E-state index in [0.29, 0.717) is 11.3 Å². The SMILES string of the molecule is Cc1cc(N2CC(C)OC(C)C2C)ccc1NC(=O)c1ccc(NS(=O)(=O)C(C)(C)C)cc1. The number of morpholine rings is 1. The predicted molar refractivity (Wildman–Crippen MR) is 135 cm³/mol. The fourth-order valence-corrected chi connectivity index (χ4v) is 4.47. The normalized spacial score (nSPS) is 21.5. The Morgan fingerprint density at radius 1 is 1.06 bits per heavy atom. The van der Waals surface area contributed by atoms with Crippen LogP contribution in [0.15, 0.2) is 42.5 Å². The van der Waals surface area contributed by atoms with E-state index >= 15 is 0 Å². The topological polar surface area (TPSA) is 87.7 Å². The molecule has 180 valence electrons. The van der Waals surface area contributed by atoms with Gasteiger partial charge in [-0.1, -0.05) is 0 Å². The van der Waals surface area contributed by atoms with Crippen LogP contribution in [0.1, 0.15) is 57.5 Å². The van der Waals surface area contributed by atoms with Crippen molar-refractivity contribution in [2.75, 3.05) is 21.5 Å². The molecule has 1 amide bonds. The van der Waals surface area contributed by atoms with Crippen molar-refractivity contribution in [3.05, 3.63) is 53.6 Å². The molecule has 0 radical (unpaired) electrons. The van der Waals surface area contributed by atoms with Crippen LogP contribution in [0.25, 0.3) is 0 Å². The number of sulfonamides is 1. The quantitative estimate of drug-likeness (QED) is 0.652. The van der Waals surface area contributed by atoms with E-state index < -0.39 is 14.8 Å². The first-order chi connectivity index (χ1) is 15.3. The Labute approximate surface area is 197 Å². The van der Waals surface area contributed by atoms with Gasteiger partial charge in [-0.3, -0.25) is 9.52 Å². The van der Waals surface area contributed by atoms with E-state index in [2.05, 4.69) is 41.8 Å². The van der Waals surface area contributed by atoms with Gasteiger partial charge < -0.3 is 15.0 Å². The van der Waals surface area contributed by atoms with Crippen LogP contribution in [0.5, 0.6) is 0 Å². The van der Waals surface area contributed by atoms with Crippen molar-refractivity contribution >= 4 is 33.0 Å². The zero-order chi connectivity index (χ0) is 24.6. The second kappa shape index (κ2) is 9.35. The average molecular weight is 474 g/mol. The van der Waals surface area contributed by atoms with E-state index in [1.165, 1.54) is 0 Å². The van der Waals surface area contributed by atoms with Crippen molar-refractivity contribution in [1.82, 2.24) is 0 Å². The lowest BCUT2D eigenvalue weighted by Gasteiger charge is -2.42. The van der Waals surface area contributed by atoms with E-state index in [0.717, 1.165) is 23.5 Å². The number of anilines is 3. The van der Waals surface area contributed by atoms with E-state index in [4.69, 9.17) is 4.74 Å². The fraction of sp³-hybridized carbons (Fsp3) is 0.480. The lowest BCUT2D eigenvalue weighted by Crippen LogP contribution is -2.52. The number of ether oxygens (including phenoxy) is 1. The molecule has 3 unspecified atom stereocenters. The van der Waals surface area contributed by atoms with Gasteiger partial charge in [0.05, 0.1) is 23.0 Å². The number of aryl methyl sites for hydroxylation is 1. The molecule has 0 aliphatic carbocycles. The van der Waals surface area contributed by atoms with Gasteiger partial charge in [-0.15, -0.1) is 0 Å². The monoisotopic (exact) mass is 473 g/mol. The van der Waals surface area contributed by atoms with E-state index in [1.807, 2.05) is 19.1 Å². The van der Waals surface area contributed by atoms with Crippen molar-refractivity contribution in [2.24, 2.45) is 0 Å². The summed E-state index contributed by atoms with van der Waals surface area (Å²) in [6.45, 7) is 14.0. The van der Waals surface area contributed by atoms with Crippen LogP contribution >= 0.6 is 0 Å². The first kappa shape index (κ1) is 25.1. The Bertz CT molecular complexity index is 1110. The van der Waals surface area contributed by atoms with Crippen LogP contribution in [-0.2, 0) is 14.8 Å². The third-order valence-electron chi connectivity index (χ3n) is 6.07. The van der Waals surface area contributed by atoms with Crippen molar-refractivity contribution in [1.29, 1.82) is 0 Å². The summed E-state index contributed by atoms with van der Waals surface area (Å²) in [5.74, 6) is -0.252. The van der Waals surface area contributed by atoms with Crippen LogP contribution < -0.4 is 14.9 Å². The fourth-order valence-electron chi connectivity index (χ4n) is 3.72. The molecule has 7 nitrogen and oxygen atoms in total. The number of carbonyl (C=O) groups is 1. The second-order valence-electron chi connectivity index (χ2n) is 9.79. The highest BCUT2D eigenvalue weighted by Crippen LogP contribution is 2.29. The van der Waals surface area contributed by atoms with Crippen molar-refractivity contribution in [3.8, 4) is 0 Å². The molecule has 2 aromatic rings. The highest BCUT2D eigenvalue weighted by molar-refractivity contribution is 7.94. The molecule has 3 atom stereocenters. The number of hydrogen-bond acceptors (Lipinski definition) is 5. The summed E-state index contributed by atoms with van der Waals surface area (Å²) >= 11 is 0. The van der Waals surface area contributed by atoms with Gasteiger partial charge in [-0.2, -0.15) is 0 Å². The number of benzene rings is 2. The molecule has 8 heteroatoms. The third kappa shape index (κ3) is 5.68. The van der Waals surface area contributed by atoms with Gasteiger partial charge in [0.25, 0.3) is 5.91 Å². The third-order valence-corrected chi connectivity index (χ3v) is 8.18. The van der Waals surface area contributed by atoms with Gasteiger partial charge in [0.15, 0.2) is 0 Å². The average Bonchev–Trinajstić information content (AvgIpc) is 2.71. The first-order valence-electron chi connectivity index (χ1n) is 11.2. The smallest absolute Gasteiger partial charge is 0.255 e. The lowest BCUT2D eigenvalue weighted by atomic mass is 10.1. The number of nitrogens with zero attached hydrogens (tertiary/aromatic N) is 1. The minimum Gasteiger partial charge on any atom is -0.372 e. The van der Waals surface area contributed by atoms with Gasteiger partial charge >= 0.3 is 0 Å². The molecular formula is C25H35N3O4S. The van der Waals surface area contributed by atoms with Crippen molar-refractivity contribution < 1.29 is 17.9 Å². The highest BCUT2D eigenvalue weighted by atomic mass is 32.2. The molecule has 1 fully saturated rings. The van der Waals surface area contributed by atoms with E-state index in [-0.39, 0.29) is 24.2 Å². The molecule has 2 N–H and O–H groups in total. The number of hydrogen-bond donors (Lipinski definition) is 2. The molecule has 1 aliphatic rings. The summed E-state index contributed by atoms with van der Waals surface area (Å²) in [5, 5.41) is 2.96. The predicted octanol–water partition coefficient (Wildman–Crippen LogP) is 4.79. The number of carbonyl (C=O) groups excluding carboxylic acids is 1. The molecule has 2 aromatic carbocycles. The summed E-state index contributed by atoms with van der Waals surface area (Å²) in [7, 11) is -3.52. The van der Waals surface area contributed by atoms with Crippen LogP contribution in [0.3, 0.4) is 0 Å². The summed E-state index contributed by atoms with van der Waals surface area (Å²) in [6, 6.07) is 12.7. The number of nitrogens with one attached hydrogen (secondary N) is 2. The minimum absolute atomic E-state index is 0.143. The molecule has 33 heavy (non-hydrogen) atoms. The molecule has 0 saturated carbocycles. The summed E-state index contributed by atoms with van der Waals surface area (Å²) in [6.07, 6.45) is 0.302. The maximum absolute atomic E-state index is 12.8. The Morgan fingerprint density at radius 2 is 1.70 bits per heavy atom. The molecular weight excluding hydrogens is 438 g/mol. The van der Waals surface area contributed by atoms with Crippen molar-refractivity contribution in [3.63, 3.8) is 0 Å². The molecule has 0 bridgehead atoms. The number of rotatable bonds is 5. The molecule has 1 saturated heterocycles. The van der Waals surface area contributed by atoms with Crippen LogP contribution in [0.4, 0.5) is 17.1 Å². The van der Waals surface area contributed by atoms with Gasteiger partial charge in [0.2, 0.25) is 10.0 Å². The van der Waals surface area contributed by atoms with E-state index in [9.17, 15) is 13.2 Å². The largest absolute Gasteiger partial charge is 0.372 e. The zero-order valence-corrected chi connectivity index (χ0v) is 21.3. The lowest BCUT2D eigenvalue weighted by molar-refractivity contribution is -0.0257. The van der Waals surface area contributed by atoms with Gasteiger partial charge in [-0.25, -0.2) is 8.42 Å². The first-order valence-corrected chi connectivity index (χ1v) is 12.7. The standard InChI is InChI=1S/C25H35N3O4S/c1-16-14-22(28-15-17(2)32-19(4)18(28)3)12-13-23(16)26-24(29)20-8-10-21(11-9-20)27-33(30,31)25(5,6)7/h8-14,17-19,27H,15H2,1-7H3,(H,26,29). The Hall–Kier alpha value is -2.58. The minimum atomic E-state index is -3.52. The molecule has 1 aliphatic heterocycles. The highest BCUT2D eigenvalue weighted by Gasteiger charge is 2.30. The Morgan fingerprint density at radius 3 is 2.27 bits per heavy atom. The van der Waals surface area contributed by atoms with Crippen LogP contribution in [-0.4, -0.2) is 43.9 Å². The summed E-state index contributed by atoms with van der Waals surface area (Å²) in [4.78, 5) is 15.1. The van der Waals surface area contributed by atoms with Gasteiger partial charge in [0.1, 0.15) is 0 Å². The Balaban J connectivity index is 1.70. The van der Waals surface area contributed by atoms with Crippen molar-refractivity contribution in [2.45, 2.75) is 71.5 Å². The maximum Gasteiger partial charge on any atom is 0.255 e. The molecule has 0 spiro atoms. The summed E-state index contributed by atoms with van der Waals surface area (Å²) < 4.78 is 32.2. The van der Waals surface area contributed by atoms with Crippen LogP contribution in [0, 0.1) is 6.92 Å². The zero-order valence-electron chi connectivity index (χ0n) is 20.5. The van der Waals surface area contributed by atoms with Gasteiger partial charge in [0, 0.05) is 29.2 Å². The Kier molecular flexibility index (Phi) is 7.10. The van der Waals surface area contributed by atoms with Crippen LogP contribution in [0.2, 0.25) is 0 Å². The molecule has 1 heterocycles. The van der Waals surface area contributed by atoms with Gasteiger partial charge in [-0.05, 0) is 96.5 Å². The summed E-state index contributed by atoms with van der Waals surface area (Å²) in [5.41, 5.74) is 3.68.